The first kappa shape index (κ1) is 13.0. The van der Waals surface area contributed by atoms with Crippen molar-refractivity contribution in [2.24, 2.45) is 0 Å². The van der Waals surface area contributed by atoms with Crippen LogP contribution in [-0.2, 0) is 17.9 Å². The zero-order valence-corrected chi connectivity index (χ0v) is 10.6. The summed E-state index contributed by atoms with van der Waals surface area (Å²) in [6.07, 6.45) is 4.97. The van der Waals surface area contributed by atoms with Crippen molar-refractivity contribution in [3.05, 3.63) is 54.2 Å². The summed E-state index contributed by atoms with van der Waals surface area (Å²) in [5.74, 6) is 0.545. The van der Waals surface area contributed by atoms with Crippen molar-refractivity contribution in [2.75, 3.05) is 0 Å². The number of nitrogens with zero attached hydrogens (tertiary/aromatic N) is 1. The van der Waals surface area contributed by atoms with Crippen molar-refractivity contribution in [2.45, 2.75) is 20.0 Å². The smallest absolute Gasteiger partial charge is 0.286 e. The summed E-state index contributed by atoms with van der Waals surface area (Å²) >= 11 is 0. The number of rotatable bonds is 5. The lowest BCUT2D eigenvalue weighted by Crippen LogP contribution is -2.42. The Labute approximate surface area is 110 Å². The average Bonchev–Trinajstić information content (AvgIpc) is 2.90. The van der Waals surface area contributed by atoms with Gasteiger partial charge in [0.25, 0.3) is 5.91 Å². The third-order valence-corrected chi connectivity index (χ3v) is 2.63. The van der Waals surface area contributed by atoms with Gasteiger partial charge < -0.3 is 9.73 Å². The molecule has 0 radical (unpaired) electrons. The number of nitrogens with one attached hydrogen (secondary N) is 1. The minimum Gasteiger partial charge on any atom is -0.467 e. The highest BCUT2D eigenvalue weighted by molar-refractivity contribution is 5.93. The van der Waals surface area contributed by atoms with Gasteiger partial charge in [0.15, 0.2) is 18.2 Å². The van der Waals surface area contributed by atoms with Gasteiger partial charge in [-0.2, -0.15) is 4.57 Å². The number of hydrogen-bond acceptors (Lipinski definition) is 3. The molecule has 0 aliphatic heterocycles. The highest BCUT2D eigenvalue weighted by atomic mass is 16.3. The summed E-state index contributed by atoms with van der Waals surface area (Å²) in [5, 5.41) is 2.74. The van der Waals surface area contributed by atoms with E-state index in [0.29, 0.717) is 17.9 Å². The fourth-order valence-corrected chi connectivity index (χ4v) is 1.65. The van der Waals surface area contributed by atoms with Crippen molar-refractivity contribution in [3.63, 3.8) is 0 Å². The molecular formula is C14H15N2O3+. The normalized spacial score (nSPS) is 10.2. The molecule has 2 rings (SSSR count). The molecular weight excluding hydrogens is 244 g/mol. The third-order valence-electron chi connectivity index (χ3n) is 2.63. The number of pyridine rings is 1. The zero-order valence-electron chi connectivity index (χ0n) is 10.6. The van der Waals surface area contributed by atoms with E-state index in [1.165, 1.54) is 6.92 Å². The van der Waals surface area contributed by atoms with Gasteiger partial charge in [-0.05, 0) is 25.1 Å². The van der Waals surface area contributed by atoms with Crippen LogP contribution in [0.5, 0.6) is 0 Å². The van der Waals surface area contributed by atoms with Gasteiger partial charge in [0.1, 0.15) is 5.76 Å². The summed E-state index contributed by atoms with van der Waals surface area (Å²) in [7, 11) is 0. The number of amides is 1. The largest absolute Gasteiger partial charge is 0.467 e. The molecule has 5 heteroatoms. The van der Waals surface area contributed by atoms with Crippen molar-refractivity contribution in [1.82, 2.24) is 5.32 Å². The molecule has 0 fully saturated rings. The molecule has 2 heterocycles. The van der Waals surface area contributed by atoms with Gasteiger partial charge in [-0.25, -0.2) is 0 Å². The number of hydrogen-bond donors (Lipinski definition) is 1. The van der Waals surface area contributed by atoms with E-state index in [1.807, 2.05) is 0 Å². The monoisotopic (exact) mass is 259 g/mol. The first-order valence-corrected chi connectivity index (χ1v) is 5.94. The second-order valence-corrected chi connectivity index (χ2v) is 4.18. The first-order valence-electron chi connectivity index (χ1n) is 5.94. The van der Waals surface area contributed by atoms with E-state index in [1.54, 1.807) is 47.5 Å². The van der Waals surface area contributed by atoms with Crippen LogP contribution < -0.4 is 9.88 Å². The van der Waals surface area contributed by atoms with Crippen LogP contribution in [0, 0.1) is 0 Å². The van der Waals surface area contributed by atoms with Gasteiger partial charge in [0.2, 0.25) is 6.54 Å². The molecule has 0 unspecified atom stereocenters. The molecule has 0 atom stereocenters. The second-order valence-electron chi connectivity index (χ2n) is 4.18. The molecule has 5 nitrogen and oxygen atoms in total. The molecule has 1 amide bonds. The Morgan fingerprint density at radius 2 is 2.16 bits per heavy atom. The van der Waals surface area contributed by atoms with Crippen molar-refractivity contribution in [3.8, 4) is 0 Å². The molecule has 98 valence electrons. The highest BCUT2D eigenvalue weighted by Gasteiger charge is 2.11. The van der Waals surface area contributed by atoms with Crippen LogP contribution in [0.15, 0.2) is 47.3 Å². The minimum atomic E-state index is -0.137. The van der Waals surface area contributed by atoms with Crippen molar-refractivity contribution >= 4 is 11.7 Å². The summed E-state index contributed by atoms with van der Waals surface area (Å²) in [6, 6.07) is 7.03. The number of carbonyl (C=O) groups is 2. The van der Waals surface area contributed by atoms with E-state index in [4.69, 9.17) is 4.42 Å². The Bertz CT molecular complexity index is 576. The Hall–Kier alpha value is -2.43. The van der Waals surface area contributed by atoms with E-state index < -0.39 is 0 Å². The molecule has 0 saturated carbocycles. The maximum absolute atomic E-state index is 11.7. The Morgan fingerprint density at radius 1 is 1.32 bits per heavy atom. The molecule has 0 bridgehead atoms. The highest BCUT2D eigenvalue weighted by Crippen LogP contribution is 1.98. The Balaban J connectivity index is 1.91. The van der Waals surface area contributed by atoms with Gasteiger partial charge in [-0.15, -0.1) is 0 Å². The van der Waals surface area contributed by atoms with Crippen molar-refractivity contribution < 1.29 is 18.6 Å². The SMILES string of the molecule is CC(=O)c1ccc[n+](CC(=O)NCc2ccco2)c1. The molecule has 1 N–H and O–H groups in total. The maximum atomic E-state index is 11.7. The van der Waals surface area contributed by atoms with Crippen LogP contribution >= 0.6 is 0 Å². The quantitative estimate of drug-likeness (QED) is 0.645. The average molecular weight is 259 g/mol. The predicted molar refractivity (Wildman–Crippen MR) is 67.2 cm³/mol. The standard InChI is InChI=1S/C14H14N2O3/c1-11(17)12-4-2-6-16(9-12)10-14(18)15-8-13-5-3-7-19-13/h2-7,9H,8,10H2,1H3/p+1. The number of ketones is 1. The van der Waals surface area contributed by atoms with E-state index in [9.17, 15) is 9.59 Å². The van der Waals surface area contributed by atoms with E-state index in [2.05, 4.69) is 5.32 Å². The molecule has 0 spiro atoms. The van der Waals surface area contributed by atoms with Crippen LogP contribution in [0.1, 0.15) is 23.0 Å². The second kappa shape index (κ2) is 5.95. The van der Waals surface area contributed by atoms with Gasteiger partial charge in [-0.1, -0.05) is 0 Å². The van der Waals surface area contributed by atoms with Crippen LogP contribution in [0.2, 0.25) is 0 Å². The molecule has 0 aromatic carbocycles. The van der Waals surface area contributed by atoms with Gasteiger partial charge >= 0.3 is 0 Å². The zero-order chi connectivity index (χ0) is 13.7. The van der Waals surface area contributed by atoms with Gasteiger partial charge in [-0.3, -0.25) is 9.59 Å². The summed E-state index contributed by atoms with van der Waals surface area (Å²) < 4.78 is 6.79. The lowest BCUT2D eigenvalue weighted by Gasteiger charge is -2.01. The minimum absolute atomic E-state index is 0.0228. The predicted octanol–water partition coefficient (Wildman–Crippen LogP) is 1.09. The number of Topliss-reactive ketones (excluding diaryl/α,β-unsaturated/α-hetero) is 1. The fraction of sp³-hybridized carbons (Fsp3) is 0.214. The van der Waals surface area contributed by atoms with Gasteiger partial charge in [0, 0.05) is 6.07 Å². The summed E-state index contributed by atoms with van der Waals surface area (Å²) in [4.78, 5) is 23.0. The van der Waals surface area contributed by atoms with E-state index >= 15 is 0 Å². The van der Waals surface area contributed by atoms with Gasteiger partial charge in [0.05, 0.1) is 18.4 Å². The first-order chi connectivity index (χ1) is 9.15. The summed E-state index contributed by atoms with van der Waals surface area (Å²) in [5.41, 5.74) is 0.585. The molecule has 19 heavy (non-hydrogen) atoms. The van der Waals surface area contributed by atoms with Crippen LogP contribution in [-0.4, -0.2) is 11.7 Å². The van der Waals surface area contributed by atoms with Crippen LogP contribution in [0.3, 0.4) is 0 Å². The third kappa shape index (κ3) is 3.77. The number of carbonyl (C=O) groups excluding carboxylic acids is 2. The Kier molecular flexibility index (Phi) is 4.07. The Morgan fingerprint density at radius 3 is 2.84 bits per heavy atom. The maximum Gasteiger partial charge on any atom is 0.286 e. The summed E-state index contributed by atoms with van der Waals surface area (Å²) in [6.45, 7) is 2.03. The fourth-order valence-electron chi connectivity index (χ4n) is 1.65. The molecule has 0 aliphatic carbocycles. The number of aromatic nitrogens is 1. The van der Waals surface area contributed by atoms with Crippen LogP contribution in [0.25, 0.3) is 0 Å². The molecule has 0 aliphatic rings. The lowest BCUT2D eigenvalue weighted by molar-refractivity contribution is -0.684. The van der Waals surface area contributed by atoms with Crippen molar-refractivity contribution in [1.29, 1.82) is 0 Å². The van der Waals surface area contributed by atoms with Crippen LogP contribution in [0.4, 0.5) is 0 Å². The topological polar surface area (TPSA) is 63.2 Å². The van der Waals surface area contributed by atoms with E-state index in [-0.39, 0.29) is 18.2 Å². The molecule has 2 aromatic rings. The molecule has 0 saturated heterocycles. The lowest BCUT2D eigenvalue weighted by atomic mass is 10.2. The van der Waals surface area contributed by atoms with E-state index in [0.717, 1.165) is 0 Å². The number of furan rings is 1. The molecule has 2 aromatic heterocycles.